The molecule has 0 bridgehead atoms. The standard InChI is InChI=1S/C14H11NO2/c15-8-13-5-4-12(7-14(13)17)11-3-1-2-10(6-11)9-16/h1-7,16-17H,9H2. The fraction of sp³-hybridized carbons (Fsp3) is 0.0714. The van der Waals surface area contributed by atoms with Crippen molar-refractivity contribution in [2.75, 3.05) is 0 Å². The molecule has 2 N–H and O–H groups in total. The maximum atomic E-state index is 9.61. The molecule has 0 saturated carbocycles. The van der Waals surface area contributed by atoms with E-state index in [1.54, 1.807) is 18.2 Å². The fourth-order valence-corrected chi connectivity index (χ4v) is 1.65. The molecule has 3 heteroatoms. The van der Waals surface area contributed by atoms with E-state index < -0.39 is 0 Å². The van der Waals surface area contributed by atoms with Crippen molar-refractivity contribution >= 4 is 0 Å². The van der Waals surface area contributed by atoms with Gasteiger partial charge < -0.3 is 10.2 Å². The summed E-state index contributed by atoms with van der Waals surface area (Å²) in [5, 5.41) is 27.4. The monoisotopic (exact) mass is 225 g/mol. The second-order valence-electron chi connectivity index (χ2n) is 3.70. The van der Waals surface area contributed by atoms with Crippen LogP contribution in [-0.2, 0) is 6.61 Å². The van der Waals surface area contributed by atoms with Gasteiger partial charge in [0.1, 0.15) is 11.8 Å². The predicted octanol–water partition coefficient (Wildman–Crippen LogP) is 2.42. The van der Waals surface area contributed by atoms with Crippen LogP contribution in [0.15, 0.2) is 42.5 Å². The van der Waals surface area contributed by atoms with E-state index >= 15 is 0 Å². The number of aliphatic hydroxyl groups excluding tert-OH is 1. The molecule has 2 aromatic carbocycles. The molecule has 0 aromatic heterocycles. The average molecular weight is 225 g/mol. The number of phenolic OH excluding ortho intramolecular Hbond substituents is 1. The molecule has 0 spiro atoms. The van der Waals surface area contributed by atoms with Gasteiger partial charge in [0.25, 0.3) is 0 Å². The van der Waals surface area contributed by atoms with E-state index in [1.165, 1.54) is 0 Å². The summed E-state index contributed by atoms with van der Waals surface area (Å²) in [6.45, 7) is -0.0178. The van der Waals surface area contributed by atoms with E-state index in [4.69, 9.17) is 10.4 Å². The molecule has 84 valence electrons. The molecule has 17 heavy (non-hydrogen) atoms. The number of aromatic hydroxyl groups is 1. The Hall–Kier alpha value is -2.31. The summed E-state index contributed by atoms with van der Waals surface area (Å²) in [4.78, 5) is 0. The Morgan fingerprint density at radius 1 is 1.06 bits per heavy atom. The van der Waals surface area contributed by atoms with E-state index in [0.717, 1.165) is 16.7 Å². The minimum atomic E-state index is -0.0283. The summed E-state index contributed by atoms with van der Waals surface area (Å²) >= 11 is 0. The first-order chi connectivity index (χ1) is 8.24. The zero-order valence-electron chi connectivity index (χ0n) is 9.09. The lowest BCUT2D eigenvalue weighted by Gasteiger charge is -2.05. The van der Waals surface area contributed by atoms with Crippen LogP contribution in [-0.4, -0.2) is 10.2 Å². The van der Waals surface area contributed by atoms with Crippen molar-refractivity contribution < 1.29 is 10.2 Å². The molecule has 0 heterocycles. The first kappa shape index (κ1) is 11.2. The van der Waals surface area contributed by atoms with Gasteiger partial charge in [-0.2, -0.15) is 5.26 Å². The zero-order valence-corrected chi connectivity index (χ0v) is 9.09. The number of benzene rings is 2. The smallest absolute Gasteiger partial charge is 0.133 e. The van der Waals surface area contributed by atoms with E-state index in [0.29, 0.717) is 0 Å². The number of hydrogen-bond acceptors (Lipinski definition) is 3. The van der Waals surface area contributed by atoms with Gasteiger partial charge in [0, 0.05) is 0 Å². The minimum absolute atomic E-state index is 0.0178. The van der Waals surface area contributed by atoms with Crippen LogP contribution in [0.25, 0.3) is 11.1 Å². The lowest BCUT2D eigenvalue weighted by atomic mass is 10.0. The maximum absolute atomic E-state index is 9.61. The number of hydrogen-bond donors (Lipinski definition) is 2. The third-order valence-electron chi connectivity index (χ3n) is 2.56. The largest absolute Gasteiger partial charge is 0.507 e. The van der Waals surface area contributed by atoms with Crippen molar-refractivity contribution in [2.45, 2.75) is 6.61 Å². The Morgan fingerprint density at radius 2 is 1.82 bits per heavy atom. The zero-order chi connectivity index (χ0) is 12.3. The quantitative estimate of drug-likeness (QED) is 0.824. The van der Waals surface area contributed by atoms with Crippen molar-refractivity contribution in [2.24, 2.45) is 0 Å². The van der Waals surface area contributed by atoms with Gasteiger partial charge in [0.15, 0.2) is 0 Å². The fourth-order valence-electron chi connectivity index (χ4n) is 1.65. The van der Waals surface area contributed by atoms with E-state index in [9.17, 15) is 5.11 Å². The van der Waals surface area contributed by atoms with E-state index in [2.05, 4.69) is 0 Å². The summed E-state index contributed by atoms with van der Waals surface area (Å²) in [5.41, 5.74) is 2.78. The predicted molar refractivity (Wildman–Crippen MR) is 64.2 cm³/mol. The second kappa shape index (κ2) is 4.69. The molecule has 0 aliphatic heterocycles. The lowest BCUT2D eigenvalue weighted by Crippen LogP contribution is -1.85. The summed E-state index contributed by atoms with van der Waals surface area (Å²) in [5.74, 6) is -0.0283. The number of phenols is 1. The first-order valence-electron chi connectivity index (χ1n) is 5.18. The molecule has 3 nitrogen and oxygen atoms in total. The van der Waals surface area contributed by atoms with Gasteiger partial charge >= 0.3 is 0 Å². The molecule has 0 radical (unpaired) electrons. The van der Waals surface area contributed by atoms with Gasteiger partial charge in [-0.1, -0.05) is 24.3 Å². The van der Waals surface area contributed by atoms with Crippen molar-refractivity contribution in [3.8, 4) is 22.9 Å². The van der Waals surface area contributed by atoms with Crippen LogP contribution in [0.5, 0.6) is 5.75 Å². The van der Waals surface area contributed by atoms with Crippen LogP contribution < -0.4 is 0 Å². The average Bonchev–Trinajstić information content (AvgIpc) is 2.38. The Kier molecular flexibility index (Phi) is 3.08. The summed E-state index contributed by atoms with van der Waals surface area (Å²) in [6.07, 6.45) is 0. The lowest BCUT2D eigenvalue weighted by molar-refractivity contribution is 0.282. The van der Waals surface area contributed by atoms with Crippen LogP contribution in [0.3, 0.4) is 0 Å². The number of nitriles is 1. The highest BCUT2D eigenvalue weighted by molar-refractivity contribution is 5.67. The van der Waals surface area contributed by atoms with Crippen LogP contribution >= 0.6 is 0 Å². The highest BCUT2D eigenvalue weighted by Crippen LogP contribution is 2.26. The van der Waals surface area contributed by atoms with Gasteiger partial charge in [0.05, 0.1) is 12.2 Å². The minimum Gasteiger partial charge on any atom is -0.507 e. The number of rotatable bonds is 2. The van der Waals surface area contributed by atoms with Gasteiger partial charge in [-0.05, 0) is 34.9 Å². The third-order valence-corrected chi connectivity index (χ3v) is 2.56. The molecule has 0 saturated heterocycles. The maximum Gasteiger partial charge on any atom is 0.133 e. The summed E-state index contributed by atoms with van der Waals surface area (Å²) < 4.78 is 0. The van der Waals surface area contributed by atoms with E-state index in [-0.39, 0.29) is 17.9 Å². The Morgan fingerprint density at radius 3 is 2.47 bits per heavy atom. The summed E-state index contributed by atoms with van der Waals surface area (Å²) in [6, 6.07) is 14.2. The molecule has 0 aliphatic carbocycles. The van der Waals surface area contributed by atoms with Crippen molar-refractivity contribution in [1.29, 1.82) is 5.26 Å². The van der Waals surface area contributed by atoms with Crippen LogP contribution in [0.2, 0.25) is 0 Å². The molecule has 0 unspecified atom stereocenters. The normalized spacial score (nSPS) is 9.88. The van der Waals surface area contributed by atoms with Crippen LogP contribution in [0, 0.1) is 11.3 Å². The molecule has 0 fully saturated rings. The van der Waals surface area contributed by atoms with Crippen LogP contribution in [0.1, 0.15) is 11.1 Å². The number of nitrogens with zero attached hydrogens (tertiary/aromatic N) is 1. The van der Waals surface area contributed by atoms with Crippen molar-refractivity contribution in [3.05, 3.63) is 53.6 Å². The molecular formula is C14H11NO2. The topological polar surface area (TPSA) is 64.2 Å². The van der Waals surface area contributed by atoms with Crippen LogP contribution in [0.4, 0.5) is 0 Å². The molecule has 0 aliphatic rings. The SMILES string of the molecule is N#Cc1ccc(-c2cccc(CO)c2)cc1O. The molecule has 2 aromatic rings. The molecular weight excluding hydrogens is 214 g/mol. The number of aliphatic hydroxyl groups is 1. The van der Waals surface area contributed by atoms with E-state index in [1.807, 2.05) is 30.3 Å². The second-order valence-corrected chi connectivity index (χ2v) is 3.70. The Labute approximate surface area is 99.2 Å². The van der Waals surface area contributed by atoms with Gasteiger partial charge in [-0.15, -0.1) is 0 Å². The highest BCUT2D eigenvalue weighted by atomic mass is 16.3. The van der Waals surface area contributed by atoms with Gasteiger partial charge in [-0.25, -0.2) is 0 Å². The first-order valence-corrected chi connectivity index (χ1v) is 5.18. The molecule has 2 rings (SSSR count). The van der Waals surface area contributed by atoms with Crippen molar-refractivity contribution in [3.63, 3.8) is 0 Å². The van der Waals surface area contributed by atoms with Gasteiger partial charge in [0.2, 0.25) is 0 Å². The Balaban J connectivity index is 2.46. The summed E-state index contributed by atoms with van der Waals surface area (Å²) in [7, 11) is 0. The van der Waals surface area contributed by atoms with Crippen molar-refractivity contribution in [1.82, 2.24) is 0 Å². The molecule has 0 atom stereocenters. The van der Waals surface area contributed by atoms with Gasteiger partial charge in [-0.3, -0.25) is 0 Å². The highest BCUT2D eigenvalue weighted by Gasteiger charge is 2.04. The Bertz CT molecular complexity index is 585. The molecule has 0 amide bonds. The third kappa shape index (κ3) is 2.27.